The van der Waals surface area contributed by atoms with E-state index in [9.17, 15) is 4.79 Å². The highest BCUT2D eigenvalue weighted by atomic mass is 16.1. The van der Waals surface area contributed by atoms with Crippen LogP contribution in [0.25, 0.3) is 10.8 Å². The Kier molecular flexibility index (Phi) is 2.94. The van der Waals surface area contributed by atoms with Crippen molar-refractivity contribution in [1.29, 1.82) is 0 Å². The SMILES string of the molecule is C[C@@H]1CN(C)CCN1c1cc2cn[nH]c(=O)c2cn1. The summed E-state index contributed by atoms with van der Waals surface area (Å²) >= 11 is 0. The molecule has 0 radical (unpaired) electrons. The van der Waals surface area contributed by atoms with Crippen LogP contribution in [0.15, 0.2) is 23.3 Å². The first-order chi connectivity index (χ1) is 9.15. The molecule has 0 amide bonds. The summed E-state index contributed by atoms with van der Waals surface area (Å²) in [6.07, 6.45) is 3.30. The summed E-state index contributed by atoms with van der Waals surface area (Å²) in [5, 5.41) is 7.68. The first kappa shape index (κ1) is 12.1. The molecule has 1 N–H and O–H groups in total. The zero-order chi connectivity index (χ0) is 13.4. The maximum absolute atomic E-state index is 11.6. The molecule has 0 bridgehead atoms. The van der Waals surface area contributed by atoms with Crippen LogP contribution in [0.3, 0.4) is 0 Å². The van der Waals surface area contributed by atoms with Crippen molar-refractivity contribution in [2.75, 3.05) is 31.6 Å². The quantitative estimate of drug-likeness (QED) is 0.806. The fraction of sp³-hybridized carbons (Fsp3) is 0.462. The Labute approximate surface area is 111 Å². The van der Waals surface area contributed by atoms with Gasteiger partial charge in [-0.1, -0.05) is 0 Å². The Morgan fingerprint density at radius 2 is 2.21 bits per heavy atom. The fourth-order valence-electron chi connectivity index (χ4n) is 2.61. The van der Waals surface area contributed by atoms with Crippen LogP contribution in [0.2, 0.25) is 0 Å². The number of aromatic nitrogens is 3. The minimum absolute atomic E-state index is 0.192. The summed E-state index contributed by atoms with van der Waals surface area (Å²) in [5.41, 5.74) is -0.192. The Morgan fingerprint density at radius 1 is 1.37 bits per heavy atom. The summed E-state index contributed by atoms with van der Waals surface area (Å²) in [5.74, 6) is 0.917. The molecule has 1 saturated heterocycles. The molecule has 19 heavy (non-hydrogen) atoms. The Bertz CT molecular complexity index is 653. The van der Waals surface area contributed by atoms with Crippen LogP contribution < -0.4 is 10.5 Å². The molecule has 6 heteroatoms. The van der Waals surface area contributed by atoms with E-state index in [0.29, 0.717) is 11.4 Å². The number of anilines is 1. The topological polar surface area (TPSA) is 65.1 Å². The van der Waals surface area contributed by atoms with Crippen LogP contribution in [0.4, 0.5) is 5.82 Å². The third-order valence-electron chi connectivity index (χ3n) is 3.66. The van der Waals surface area contributed by atoms with E-state index in [1.54, 1.807) is 12.4 Å². The number of pyridine rings is 1. The number of nitrogens with one attached hydrogen (secondary N) is 1. The number of fused-ring (bicyclic) bond motifs is 1. The van der Waals surface area contributed by atoms with Gasteiger partial charge in [-0.05, 0) is 20.0 Å². The van der Waals surface area contributed by atoms with Crippen molar-refractivity contribution in [1.82, 2.24) is 20.1 Å². The maximum Gasteiger partial charge on any atom is 0.273 e. The highest BCUT2D eigenvalue weighted by molar-refractivity contribution is 5.82. The van der Waals surface area contributed by atoms with Gasteiger partial charge in [-0.15, -0.1) is 0 Å². The van der Waals surface area contributed by atoms with Gasteiger partial charge in [0.25, 0.3) is 5.56 Å². The smallest absolute Gasteiger partial charge is 0.273 e. The second-order valence-corrected chi connectivity index (χ2v) is 5.13. The number of piperazine rings is 1. The van der Waals surface area contributed by atoms with Crippen LogP contribution in [0.1, 0.15) is 6.92 Å². The molecule has 3 rings (SSSR count). The van der Waals surface area contributed by atoms with Crippen molar-refractivity contribution >= 4 is 16.6 Å². The van der Waals surface area contributed by atoms with Crippen molar-refractivity contribution in [3.63, 3.8) is 0 Å². The average molecular weight is 259 g/mol. The summed E-state index contributed by atoms with van der Waals surface area (Å²) in [4.78, 5) is 20.6. The first-order valence-electron chi connectivity index (χ1n) is 6.44. The second kappa shape index (κ2) is 4.62. The van der Waals surface area contributed by atoms with Gasteiger partial charge in [0.15, 0.2) is 0 Å². The number of rotatable bonds is 1. The molecule has 0 aromatic carbocycles. The molecule has 1 aliphatic rings. The second-order valence-electron chi connectivity index (χ2n) is 5.13. The van der Waals surface area contributed by atoms with Gasteiger partial charge in [-0.3, -0.25) is 4.79 Å². The highest BCUT2D eigenvalue weighted by Crippen LogP contribution is 2.20. The molecular formula is C13H17N5O. The lowest BCUT2D eigenvalue weighted by Crippen LogP contribution is -2.50. The Morgan fingerprint density at radius 3 is 3.00 bits per heavy atom. The summed E-state index contributed by atoms with van der Waals surface area (Å²) < 4.78 is 0. The van der Waals surface area contributed by atoms with E-state index < -0.39 is 0 Å². The zero-order valence-electron chi connectivity index (χ0n) is 11.1. The van der Waals surface area contributed by atoms with E-state index in [1.165, 1.54) is 0 Å². The number of hydrogen-bond acceptors (Lipinski definition) is 5. The number of likely N-dealkylation sites (N-methyl/N-ethyl adjacent to an activating group) is 1. The first-order valence-corrected chi connectivity index (χ1v) is 6.44. The van der Waals surface area contributed by atoms with Gasteiger partial charge in [0, 0.05) is 37.3 Å². The summed E-state index contributed by atoms with van der Waals surface area (Å²) in [6.45, 7) is 5.19. The Balaban J connectivity index is 1.99. The zero-order valence-corrected chi connectivity index (χ0v) is 11.1. The molecule has 1 atom stereocenters. The third-order valence-corrected chi connectivity index (χ3v) is 3.66. The van der Waals surface area contributed by atoms with Crippen molar-refractivity contribution in [2.45, 2.75) is 13.0 Å². The summed E-state index contributed by atoms with van der Waals surface area (Å²) in [6, 6.07) is 2.36. The predicted molar refractivity (Wildman–Crippen MR) is 74.5 cm³/mol. The summed E-state index contributed by atoms with van der Waals surface area (Å²) in [7, 11) is 2.13. The lowest BCUT2D eigenvalue weighted by molar-refractivity contribution is 0.274. The molecule has 0 saturated carbocycles. The largest absolute Gasteiger partial charge is 0.351 e. The van der Waals surface area contributed by atoms with E-state index in [-0.39, 0.29) is 5.56 Å². The molecule has 1 fully saturated rings. The molecule has 6 nitrogen and oxygen atoms in total. The van der Waals surface area contributed by atoms with E-state index in [4.69, 9.17) is 0 Å². The number of H-pyrrole nitrogens is 1. The normalized spacial score (nSPS) is 20.9. The average Bonchev–Trinajstić information content (AvgIpc) is 2.38. The molecule has 3 heterocycles. The van der Waals surface area contributed by atoms with E-state index in [0.717, 1.165) is 30.8 Å². The number of aromatic amines is 1. The monoisotopic (exact) mass is 259 g/mol. The molecule has 0 unspecified atom stereocenters. The van der Waals surface area contributed by atoms with Gasteiger partial charge in [-0.25, -0.2) is 10.1 Å². The van der Waals surface area contributed by atoms with Crippen LogP contribution >= 0.6 is 0 Å². The molecule has 0 aliphatic carbocycles. The van der Waals surface area contributed by atoms with Crippen molar-refractivity contribution in [2.24, 2.45) is 0 Å². The Hall–Kier alpha value is -1.95. The van der Waals surface area contributed by atoms with Crippen LogP contribution in [-0.4, -0.2) is 52.8 Å². The van der Waals surface area contributed by atoms with Gasteiger partial charge in [-0.2, -0.15) is 5.10 Å². The van der Waals surface area contributed by atoms with Crippen molar-refractivity contribution in [3.8, 4) is 0 Å². The molecule has 2 aromatic rings. The molecule has 1 aliphatic heterocycles. The lowest BCUT2D eigenvalue weighted by Gasteiger charge is -2.39. The van der Waals surface area contributed by atoms with Crippen molar-refractivity contribution < 1.29 is 0 Å². The van der Waals surface area contributed by atoms with Crippen LogP contribution in [0, 0.1) is 0 Å². The maximum atomic E-state index is 11.6. The minimum atomic E-state index is -0.192. The highest BCUT2D eigenvalue weighted by Gasteiger charge is 2.22. The third kappa shape index (κ3) is 2.19. The van der Waals surface area contributed by atoms with E-state index >= 15 is 0 Å². The minimum Gasteiger partial charge on any atom is -0.351 e. The van der Waals surface area contributed by atoms with Gasteiger partial charge < -0.3 is 9.80 Å². The van der Waals surface area contributed by atoms with Gasteiger partial charge in [0.05, 0.1) is 11.6 Å². The van der Waals surface area contributed by atoms with Crippen LogP contribution in [-0.2, 0) is 0 Å². The van der Waals surface area contributed by atoms with Gasteiger partial charge in [0.1, 0.15) is 5.82 Å². The molecule has 2 aromatic heterocycles. The van der Waals surface area contributed by atoms with E-state index in [1.807, 2.05) is 6.07 Å². The molecular weight excluding hydrogens is 242 g/mol. The number of hydrogen-bond donors (Lipinski definition) is 1. The fourth-order valence-corrected chi connectivity index (χ4v) is 2.61. The van der Waals surface area contributed by atoms with Gasteiger partial charge >= 0.3 is 0 Å². The predicted octanol–water partition coefficient (Wildman–Crippen LogP) is 0.458. The standard InChI is InChI=1S/C13H17N5O/c1-9-8-17(2)3-4-18(9)12-5-10-6-15-16-13(19)11(10)7-14-12/h5-7,9H,3-4,8H2,1-2H3,(H,16,19)/t9-/m1/s1. The van der Waals surface area contributed by atoms with Crippen LogP contribution in [0.5, 0.6) is 0 Å². The number of nitrogens with zero attached hydrogens (tertiary/aromatic N) is 4. The van der Waals surface area contributed by atoms with E-state index in [2.05, 4.69) is 39.0 Å². The molecule has 100 valence electrons. The molecule has 0 spiro atoms. The van der Waals surface area contributed by atoms with Crippen molar-refractivity contribution in [3.05, 3.63) is 28.8 Å². The lowest BCUT2D eigenvalue weighted by atomic mass is 10.2. The van der Waals surface area contributed by atoms with Gasteiger partial charge in [0.2, 0.25) is 0 Å².